The van der Waals surface area contributed by atoms with Crippen LogP contribution < -0.4 is 20.7 Å². The number of rotatable bonds is 11. The zero-order chi connectivity index (χ0) is 20.1. The first-order chi connectivity index (χ1) is 12.9. The van der Waals surface area contributed by atoms with Crippen molar-refractivity contribution in [3.05, 3.63) is 35.4 Å². The van der Waals surface area contributed by atoms with Gasteiger partial charge >= 0.3 is 0 Å². The Morgan fingerprint density at radius 2 is 1.89 bits per heavy atom. The maximum atomic E-state index is 11.7. The van der Waals surface area contributed by atoms with E-state index in [2.05, 4.69) is 25.7 Å². The molecule has 0 radical (unpaired) electrons. The van der Waals surface area contributed by atoms with Crippen molar-refractivity contribution in [1.29, 1.82) is 0 Å². The monoisotopic (exact) mass is 525 g/mol. The van der Waals surface area contributed by atoms with Crippen LogP contribution in [0.5, 0.6) is 0 Å². The molecule has 0 aliphatic rings. The number of halogens is 1. The van der Waals surface area contributed by atoms with E-state index in [0.717, 1.165) is 18.5 Å². The highest BCUT2D eigenvalue weighted by molar-refractivity contribution is 14.0. The van der Waals surface area contributed by atoms with E-state index in [1.165, 1.54) is 0 Å². The topological polar surface area (TPSA) is 112 Å². The number of aliphatic imine (C=N–C) groups is 1. The molecule has 0 aliphatic carbocycles. The lowest BCUT2D eigenvalue weighted by Crippen LogP contribution is -2.38. The van der Waals surface area contributed by atoms with E-state index in [1.54, 1.807) is 20.0 Å². The largest absolute Gasteiger partial charge is 0.357 e. The smallest absolute Gasteiger partial charge is 0.251 e. The predicted molar refractivity (Wildman–Crippen MR) is 125 cm³/mol. The van der Waals surface area contributed by atoms with Crippen LogP contribution in [0.15, 0.2) is 29.3 Å². The molecule has 4 N–H and O–H groups in total. The second-order valence-electron chi connectivity index (χ2n) is 5.87. The number of benzene rings is 1. The van der Waals surface area contributed by atoms with Gasteiger partial charge in [0.05, 0.1) is 5.75 Å². The maximum absolute atomic E-state index is 11.7. The van der Waals surface area contributed by atoms with Crippen molar-refractivity contribution in [2.45, 2.75) is 26.7 Å². The van der Waals surface area contributed by atoms with Gasteiger partial charge in [0.1, 0.15) is 0 Å². The van der Waals surface area contributed by atoms with Crippen LogP contribution in [0, 0.1) is 0 Å². The van der Waals surface area contributed by atoms with Crippen molar-refractivity contribution >= 4 is 45.9 Å². The minimum Gasteiger partial charge on any atom is -0.357 e. The molecule has 0 unspecified atom stereocenters. The van der Waals surface area contributed by atoms with E-state index in [4.69, 9.17) is 0 Å². The lowest BCUT2D eigenvalue weighted by atomic mass is 10.1. The fourth-order valence-corrected chi connectivity index (χ4v) is 2.94. The molecule has 1 aromatic rings. The van der Waals surface area contributed by atoms with Gasteiger partial charge in [-0.15, -0.1) is 24.0 Å². The molecular weight excluding hydrogens is 493 g/mol. The summed E-state index contributed by atoms with van der Waals surface area (Å²) in [5.74, 6) is 0.679. The Balaban J connectivity index is 0.00000729. The molecule has 0 saturated carbocycles. The third kappa shape index (κ3) is 10.8. The number of amides is 1. The van der Waals surface area contributed by atoms with Crippen LogP contribution in [-0.4, -0.2) is 59.3 Å². The SMILES string of the molecule is CCNC(=NCCCNS(=O)(=O)CC)NCCc1cccc(C(=O)NC)c1.I. The van der Waals surface area contributed by atoms with E-state index in [0.29, 0.717) is 37.6 Å². The highest BCUT2D eigenvalue weighted by atomic mass is 127. The summed E-state index contributed by atoms with van der Waals surface area (Å²) in [5, 5.41) is 9.03. The van der Waals surface area contributed by atoms with E-state index in [-0.39, 0.29) is 35.6 Å². The average molecular weight is 525 g/mol. The van der Waals surface area contributed by atoms with Gasteiger partial charge in [-0.2, -0.15) is 0 Å². The Kier molecular flexibility index (Phi) is 13.8. The van der Waals surface area contributed by atoms with Crippen molar-refractivity contribution in [3.63, 3.8) is 0 Å². The molecule has 0 fully saturated rings. The third-order valence-corrected chi connectivity index (χ3v) is 5.18. The summed E-state index contributed by atoms with van der Waals surface area (Å²) in [6.45, 7) is 5.91. The molecule has 0 aromatic heterocycles. The fourth-order valence-electron chi connectivity index (χ4n) is 2.28. The Bertz CT molecular complexity index is 726. The molecule has 0 saturated heterocycles. The van der Waals surface area contributed by atoms with Crippen LogP contribution in [0.2, 0.25) is 0 Å². The van der Waals surface area contributed by atoms with Gasteiger partial charge in [0.25, 0.3) is 5.91 Å². The zero-order valence-corrected chi connectivity index (χ0v) is 19.9. The van der Waals surface area contributed by atoms with Crippen LogP contribution in [0.1, 0.15) is 36.2 Å². The summed E-state index contributed by atoms with van der Waals surface area (Å²) in [4.78, 5) is 16.1. The molecule has 160 valence electrons. The molecule has 1 amide bonds. The number of nitrogens with one attached hydrogen (secondary N) is 4. The number of guanidine groups is 1. The minimum absolute atomic E-state index is 0. The molecule has 1 rings (SSSR count). The summed E-state index contributed by atoms with van der Waals surface area (Å²) in [7, 11) is -1.53. The Hall–Kier alpha value is -1.40. The third-order valence-electron chi connectivity index (χ3n) is 3.77. The first-order valence-corrected chi connectivity index (χ1v) is 10.9. The van der Waals surface area contributed by atoms with Gasteiger partial charge in [-0.3, -0.25) is 9.79 Å². The number of hydrogen-bond acceptors (Lipinski definition) is 4. The zero-order valence-electron chi connectivity index (χ0n) is 16.7. The minimum atomic E-state index is -3.15. The quantitative estimate of drug-likeness (QED) is 0.150. The lowest BCUT2D eigenvalue weighted by molar-refractivity contribution is 0.0963. The number of carbonyl (C=O) groups is 1. The van der Waals surface area contributed by atoms with Gasteiger partial charge in [-0.25, -0.2) is 13.1 Å². The lowest BCUT2D eigenvalue weighted by Gasteiger charge is -2.12. The Morgan fingerprint density at radius 1 is 1.14 bits per heavy atom. The van der Waals surface area contributed by atoms with E-state index in [1.807, 2.05) is 25.1 Å². The van der Waals surface area contributed by atoms with Gasteiger partial charge in [-0.1, -0.05) is 12.1 Å². The van der Waals surface area contributed by atoms with Crippen LogP contribution in [0.25, 0.3) is 0 Å². The number of carbonyl (C=O) groups excluding carboxylic acids is 1. The van der Waals surface area contributed by atoms with Crippen molar-refractivity contribution in [3.8, 4) is 0 Å². The fraction of sp³-hybridized carbons (Fsp3) is 0.556. The number of nitrogens with zero attached hydrogens (tertiary/aromatic N) is 1. The van der Waals surface area contributed by atoms with Gasteiger partial charge in [-0.05, 0) is 44.4 Å². The summed E-state index contributed by atoms with van der Waals surface area (Å²) < 4.78 is 25.3. The highest BCUT2D eigenvalue weighted by Crippen LogP contribution is 2.05. The second kappa shape index (κ2) is 14.6. The van der Waals surface area contributed by atoms with Crippen LogP contribution in [0.3, 0.4) is 0 Å². The molecule has 0 atom stereocenters. The second-order valence-corrected chi connectivity index (χ2v) is 7.96. The van der Waals surface area contributed by atoms with Crippen LogP contribution >= 0.6 is 24.0 Å². The first kappa shape index (κ1) is 26.6. The predicted octanol–water partition coefficient (Wildman–Crippen LogP) is 1.09. The van der Waals surface area contributed by atoms with Crippen molar-refractivity contribution < 1.29 is 13.2 Å². The van der Waals surface area contributed by atoms with Crippen molar-refractivity contribution in [2.24, 2.45) is 4.99 Å². The number of sulfonamides is 1. The van der Waals surface area contributed by atoms with Gasteiger partial charge < -0.3 is 16.0 Å². The summed E-state index contributed by atoms with van der Waals surface area (Å²) in [6.07, 6.45) is 1.38. The molecule has 0 bridgehead atoms. The van der Waals surface area contributed by atoms with E-state index in [9.17, 15) is 13.2 Å². The maximum Gasteiger partial charge on any atom is 0.251 e. The van der Waals surface area contributed by atoms with E-state index < -0.39 is 10.0 Å². The molecule has 1 aromatic carbocycles. The highest BCUT2D eigenvalue weighted by Gasteiger charge is 2.05. The summed E-state index contributed by atoms with van der Waals surface area (Å²) in [5.41, 5.74) is 1.71. The number of hydrogen-bond donors (Lipinski definition) is 4. The first-order valence-electron chi connectivity index (χ1n) is 9.22. The van der Waals surface area contributed by atoms with Gasteiger partial charge in [0.15, 0.2) is 5.96 Å². The van der Waals surface area contributed by atoms with Crippen molar-refractivity contribution in [1.82, 2.24) is 20.7 Å². The average Bonchev–Trinajstić information content (AvgIpc) is 2.67. The molecule has 8 nitrogen and oxygen atoms in total. The normalized spacial score (nSPS) is 11.5. The standard InChI is InChI=1S/C18H31N5O3S.HI/c1-4-20-18(21-11-7-12-23-27(25,26)5-2)22-13-10-15-8-6-9-16(14-15)17(24)19-3;/h6,8-9,14,23H,4-5,7,10-13H2,1-3H3,(H,19,24)(H2,20,21,22);1H. The summed E-state index contributed by atoms with van der Waals surface area (Å²) >= 11 is 0. The molecule has 0 heterocycles. The van der Waals surface area contributed by atoms with E-state index >= 15 is 0 Å². The Labute approximate surface area is 185 Å². The van der Waals surface area contributed by atoms with Gasteiger partial charge in [0.2, 0.25) is 10.0 Å². The molecule has 0 spiro atoms. The Morgan fingerprint density at radius 3 is 2.54 bits per heavy atom. The van der Waals surface area contributed by atoms with Crippen molar-refractivity contribution in [2.75, 3.05) is 39.0 Å². The molecule has 28 heavy (non-hydrogen) atoms. The van der Waals surface area contributed by atoms with Crippen LogP contribution in [0.4, 0.5) is 0 Å². The van der Waals surface area contributed by atoms with Crippen LogP contribution in [-0.2, 0) is 16.4 Å². The molecular formula is C18H32IN5O3S. The molecule has 0 aliphatic heterocycles. The molecule has 10 heteroatoms. The summed E-state index contributed by atoms with van der Waals surface area (Å²) in [6, 6.07) is 7.52. The van der Waals surface area contributed by atoms with Gasteiger partial charge in [0, 0.05) is 38.8 Å².